The van der Waals surface area contributed by atoms with Gasteiger partial charge in [-0.1, -0.05) is 40.2 Å². The molecular weight excluding hydrogens is 515 g/mol. The normalized spacial score (nSPS) is 15.9. The van der Waals surface area contributed by atoms with E-state index in [0.29, 0.717) is 19.7 Å². The van der Waals surface area contributed by atoms with Crippen molar-refractivity contribution in [2.75, 3.05) is 33.4 Å². The number of rotatable bonds is 11. The zero-order valence-electron chi connectivity index (χ0n) is 19.8. The third-order valence-electron chi connectivity index (χ3n) is 5.30. The van der Waals surface area contributed by atoms with Gasteiger partial charge in [0, 0.05) is 17.6 Å². The summed E-state index contributed by atoms with van der Waals surface area (Å²) in [6.45, 7) is 5.27. The second-order valence-corrected chi connectivity index (χ2v) is 9.38. The first-order valence-electron chi connectivity index (χ1n) is 10.9. The minimum atomic E-state index is -0.900. The van der Waals surface area contributed by atoms with Crippen LogP contribution in [0.5, 0.6) is 11.5 Å². The number of nitrogens with zero attached hydrogens (tertiary/aromatic N) is 1. The monoisotopic (exact) mass is 543 g/mol. The van der Waals surface area contributed by atoms with Crippen molar-refractivity contribution in [3.05, 3.63) is 62.4 Å². The van der Waals surface area contributed by atoms with Crippen molar-refractivity contribution in [1.29, 1.82) is 0 Å². The summed E-state index contributed by atoms with van der Waals surface area (Å²) >= 11 is 12.6. The summed E-state index contributed by atoms with van der Waals surface area (Å²) in [6.07, 6.45) is -0.912. The van der Waals surface area contributed by atoms with E-state index in [9.17, 15) is 9.90 Å². The summed E-state index contributed by atoms with van der Waals surface area (Å²) in [5.41, 5.74) is 1.11. The summed E-state index contributed by atoms with van der Waals surface area (Å²) in [5.74, 6) is 0.722. The van der Waals surface area contributed by atoms with Crippen LogP contribution in [0.25, 0.3) is 4.85 Å². The van der Waals surface area contributed by atoms with Crippen molar-refractivity contribution >= 4 is 41.4 Å². The first kappa shape index (κ1) is 29.2. The zero-order chi connectivity index (χ0) is 24.7. The molecule has 0 radical (unpaired) electrons. The van der Waals surface area contributed by atoms with E-state index >= 15 is 0 Å². The Morgan fingerprint density at radius 1 is 1.26 bits per heavy atom. The largest absolute Gasteiger partial charge is 0.497 e. The number of hydrogen-bond donors (Lipinski definition) is 2. The Balaban J connectivity index is 0.00000432. The van der Waals surface area contributed by atoms with E-state index in [1.54, 1.807) is 13.2 Å². The summed E-state index contributed by atoms with van der Waals surface area (Å²) in [5, 5.41) is 13.9. The highest BCUT2D eigenvalue weighted by molar-refractivity contribution is 6.45. The van der Waals surface area contributed by atoms with Gasteiger partial charge in [0.25, 0.3) is 12.6 Å². The number of nitrogens with one attached hydrogen (secondary N) is 1. The Morgan fingerprint density at radius 2 is 1.97 bits per heavy atom. The summed E-state index contributed by atoms with van der Waals surface area (Å²) in [4.78, 5) is 16.6. The van der Waals surface area contributed by atoms with Gasteiger partial charge in [-0.3, -0.25) is 4.79 Å². The molecule has 0 spiro atoms. The lowest BCUT2D eigenvalue weighted by molar-refractivity contribution is 0.0605. The summed E-state index contributed by atoms with van der Waals surface area (Å²) in [7, 11) is 1.64. The molecule has 2 aromatic rings. The first-order chi connectivity index (χ1) is 16.2. The second kappa shape index (κ2) is 13.3. The third kappa shape index (κ3) is 8.25. The maximum atomic E-state index is 12.6. The topological polar surface area (TPSA) is 81.4 Å². The Labute approximate surface area is 221 Å². The number of benzene rings is 2. The van der Waals surface area contributed by atoms with E-state index in [-0.39, 0.29) is 51.7 Å². The molecule has 0 bridgehead atoms. The van der Waals surface area contributed by atoms with Crippen molar-refractivity contribution in [3.63, 3.8) is 0 Å². The van der Waals surface area contributed by atoms with Gasteiger partial charge in [-0.05, 0) is 50.1 Å². The van der Waals surface area contributed by atoms with E-state index in [0.717, 1.165) is 17.7 Å². The fourth-order valence-corrected chi connectivity index (χ4v) is 3.93. The van der Waals surface area contributed by atoms with Crippen LogP contribution >= 0.6 is 35.6 Å². The van der Waals surface area contributed by atoms with Gasteiger partial charge in [-0.2, -0.15) is 0 Å². The number of Topliss-reactive ketones (excluding diaryl/α,β-unsaturated/α-hetero) is 1. The van der Waals surface area contributed by atoms with E-state index in [1.165, 1.54) is 6.07 Å². The number of ketones is 1. The number of β-amino-alcohol motifs (C(OH)–C–C–N with tert-alkyl or cyclic N) is 1. The summed E-state index contributed by atoms with van der Waals surface area (Å²) in [6, 6.07) is 13.6. The average molecular weight is 545 g/mol. The molecule has 0 saturated carbocycles. The van der Waals surface area contributed by atoms with Crippen LogP contribution in [0.15, 0.2) is 36.4 Å². The van der Waals surface area contributed by atoms with Crippen LogP contribution < -0.4 is 14.8 Å². The van der Waals surface area contributed by atoms with Gasteiger partial charge in [-0.25, -0.2) is 0 Å². The van der Waals surface area contributed by atoms with Gasteiger partial charge in [-0.15, -0.1) is 12.4 Å². The highest BCUT2D eigenvalue weighted by Gasteiger charge is 2.30. The second-order valence-electron chi connectivity index (χ2n) is 8.62. The van der Waals surface area contributed by atoms with Gasteiger partial charge in [0.1, 0.15) is 35.8 Å². The molecule has 35 heavy (non-hydrogen) atoms. The molecule has 1 heterocycles. The van der Waals surface area contributed by atoms with Crippen molar-refractivity contribution in [3.8, 4) is 17.6 Å². The lowest BCUT2D eigenvalue weighted by Gasteiger charge is -2.28. The predicted octanol–water partition coefficient (Wildman–Crippen LogP) is 4.69. The molecule has 2 atom stereocenters. The molecule has 0 aliphatic carbocycles. The molecule has 3 rings (SSSR count). The molecule has 0 fully saturated rings. The lowest BCUT2D eigenvalue weighted by Crippen LogP contribution is -2.46. The van der Waals surface area contributed by atoms with E-state index in [4.69, 9.17) is 37.4 Å². The van der Waals surface area contributed by atoms with Gasteiger partial charge in [0.2, 0.25) is 5.78 Å². The number of aliphatic hydroxyl groups is 1. The number of halogens is 3. The number of carbonyl (C=O) groups excluding carboxylic acids is 1. The molecule has 0 saturated heterocycles. The van der Waals surface area contributed by atoms with Crippen LogP contribution in [-0.4, -0.2) is 62.0 Å². The fraction of sp³-hybridized carbons (Fsp3) is 0.440. The Morgan fingerprint density at radius 3 is 2.60 bits per heavy atom. The maximum absolute atomic E-state index is 12.6. The standard InChI is InChI=1S/C25H29Cl2N2O5.ClH/c1-25(2,12-16-4-6-18(32-3)7-5-16)29-13-17(30)15-34-20-9-8-19(22(26)23(20)27)24(31)21-14-28-10-11-33-21;/h4-9,17,21,29-30H,10-13,15H2,1-3H3;1H/q+1;/t17?,21-;/m1./s1. The Bertz CT molecular complexity index is 1070. The van der Waals surface area contributed by atoms with E-state index in [1.807, 2.05) is 24.3 Å². The molecule has 0 aromatic heterocycles. The molecule has 190 valence electrons. The van der Waals surface area contributed by atoms with Crippen molar-refractivity contribution < 1.29 is 24.1 Å². The molecule has 2 aromatic carbocycles. The molecular formula is C25H30Cl3N2O5+. The molecule has 1 aliphatic rings. The van der Waals surface area contributed by atoms with Gasteiger partial charge in [0.15, 0.2) is 0 Å². The molecule has 2 N–H and O–H groups in total. The van der Waals surface area contributed by atoms with E-state index < -0.39 is 12.2 Å². The quantitative estimate of drug-likeness (QED) is 0.400. The number of carbonyl (C=O) groups is 1. The molecule has 0 amide bonds. The van der Waals surface area contributed by atoms with Crippen LogP contribution in [0.1, 0.15) is 29.8 Å². The molecule has 7 nitrogen and oxygen atoms in total. The van der Waals surface area contributed by atoms with Gasteiger partial charge < -0.3 is 24.6 Å². The maximum Gasteiger partial charge on any atom is 0.313 e. The lowest BCUT2D eigenvalue weighted by atomic mass is 9.94. The van der Waals surface area contributed by atoms with Crippen LogP contribution in [0.4, 0.5) is 0 Å². The number of aliphatic hydroxyl groups excluding tert-OH is 1. The van der Waals surface area contributed by atoms with E-state index in [2.05, 4.69) is 30.1 Å². The molecule has 10 heteroatoms. The van der Waals surface area contributed by atoms with Crippen LogP contribution in [0.2, 0.25) is 10.0 Å². The highest BCUT2D eigenvalue weighted by Crippen LogP contribution is 2.35. The SMILES string of the molecule is COc1ccc(CC(C)(C)NCC(O)COc2ccc(C(=O)[C@H]3C#[N+]CCO3)c(Cl)c2Cl)cc1.Cl. The Kier molecular flexibility index (Phi) is 11.1. The minimum absolute atomic E-state index is 0. The van der Waals surface area contributed by atoms with Crippen LogP contribution in [0.3, 0.4) is 0 Å². The third-order valence-corrected chi connectivity index (χ3v) is 6.16. The average Bonchev–Trinajstić information content (AvgIpc) is 2.84. The molecule has 1 aliphatic heterocycles. The number of methoxy groups -OCH3 is 1. The summed E-state index contributed by atoms with van der Waals surface area (Å²) < 4.78 is 16.2. The van der Waals surface area contributed by atoms with Gasteiger partial charge in [0.05, 0.1) is 12.1 Å². The first-order valence-corrected chi connectivity index (χ1v) is 11.7. The minimum Gasteiger partial charge on any atom is -0.497 e. The zero-order valence-corrected chi connectivity index (χ0v) is 22.2. The molecule has 1 unspecified atom stereocenters. The van der Waals surface area contributed by atoms with Crippen LogP contribution in [-0.2, 0) is 11.2 Å². The smallest absolute Gasteiger partial charge is 0.313 e. The van der Waals surface area contributed by atoms with Crippen LogP contribution in [0, 0.1) is 6.07 Å². The highest BCUT2D eigenvalue weighted by atomic mass is 35.5. The fourth-order valence-electron chi connectivity index (χ4n) is 3.47. The van der Waals surface area contributed by atoms with Gasteiger partial charge >= 0.3 is 6.07 Å². The van der Waals surface area contributed by atoms with Crippen molar-refractivity contribution in [2.45, 2.75) is 38.0 Å². The van der Waals surface area contributed by atoms with Crippen molar-refractivity contribution in [2.24, 2.45) is 0 Å². The Hall–Kier alpha value is -2.05. The predicted molar refractivity (Wildman–Crippen MR) is 140 cm³/mol. The van der Waals surface area contributed by atoms with Crippen molar-refractivity contribution in [1.82, 2.24) is 5.32 Å². The number of ether oxygens (including phenoxy) is 3. The number of hydrogen-bond acceptors (Lipinski definition) is 6.